The van der Waals surface area contributed by atoms with Crippen molar-refractivity contribution < 1.29 is 9.53 Å². The first-order valence-electron chi connectivity index (χ1n) is 13.9. The van der Waals surface area contributed by atoms with E-state index < -0.39 is 5.72 Å². The Hall–Kier alpha value is -2.51. The molecule has 1 fully saturated rings. The molecule has 1 saturated carbocycles. The van der Waals surface area contributed by atoms with Crippen LogP contribution < -0.4 is 15.2 Å². The first kappa shape index (κ1) is 27.1. The molecular formula is C30H41ClN4O3. The second kappa shape index (κ2) is 9.91. The van der Waals surface area contributed by atoms with Crippen molar-refractivity contribution in [2.24, 2.45) is 5.92 Å². The minimum atomic E-state index is -0.498. The monoisotopic (exact) mass is 540 g/mol. The summed E-state index contributed by atoms with van der Waals surface area (Å²) in [6.07, 6.45) is 5.13. The zero-order valence-electron chi connectivity index (χ0n) is 23.8. The van der Waals surface area contributed by atoms with Gasteiger partial charge >= 0.3 is 0 Å². The van der Waals surface area contributed by atoms with E-state index in [1.807, 2.05) is 26.8 Å². The fraction of sp³-hybridized carbons (Fsp3) is 0.600. The van der Waals surface area contributed by atoms with Crippen LogP contribution in [0, 0.1) is 26.7 Å². The molecule has 0 saturated heterocycles. The van der Waals surface area contributed by atoms with E-state index in [0.717, 1.165) is 66.0 Å². The summed E-state index contributed by atoms with van der Waals surface area (Å²) < 4.78 is 6.82. The molecule has 7 nitrogen and oxygen atoms in total. The van der Waals surface area contributed by atoms with Crippen LogP contribution in [0.2, 0.25) is 5.02 Å². The Morgan fingerprint density at radius 2 is 1.84 bits per heavy atom. The van der Waals surface area contributed by atoms with Crippen LogP contribution in [0.5, 0.6) is 5.75 Å². The molecule has 0 radical (unpaired) electrons. The highest BCUT2D eigenvalue weighted by molar-refractivity contribution is 6.34. The van der Waals surface area contributed by atoms with Gasteiger partial charge in [0, 0.05) is 41.9 Å². The number of rotatable bonds is 5. The molecule has 1 aromatic heterocycles. The van der Waals surface area contributed by atoms with Gasteiger partial charge in [-0.25, -0.2) is 0 Å². The van der Waals surface area contributed by atoms with Gasteiger partial charge in [0.2, 0.25) is 0 Å². The predicted octanol–water partition coefficient (Wildman–Crippen LogP) is 5.21. The number of ether oxygens (including phenoxy) is 1. The minimum Gasteiger partial charge on any atom is -0.464 e. The summed E-state index contributed by atoms with van der Waals surface area (Å²) in [7, 11) is 4.33. The average molecular weight is 541 g/mol. The van der Waals surface area contributed by atoms with Gasteiger partial charge in [-0.15, -0.1) is 0 Å². The number of amides is 1. The molecule has 8 heteroatoms. The summed E-state index contributed by atoms with van der Waals surface area (Å²) in [5, 5.41) is 0.571. The number of benzene rings is 1. The Morgan fingerprint density at radius 1 is 1.16 bits per heavy atom. The number of fused-ring (bicyclic) bond motifs is 2. The minimum absolute atomic E-state index is 0.0658. The molecule has 206 valence electrons. The van der Waals surface area contributed by atoms with E-state index in [4.69, 9.17) is 16.3 Å². The molecule has 1 amide bonds. The Bertz CT molecular complexity index is 1330. The van der Waals surface area contributed by atoms with Crippen molar-refractivity contribution in [1.82, 2.24) is 14.8 Å². The van der Waals surface area contributed by atoms with E-state index in [-0.39, 0.29) is 18.0 Å². The Kier molecular flexibility index (Phi) is 7.06. The number of pyridine rings is 1. The molecular weight excluding hydrogens is 500 g/mol. The van der Waals surface area contributed by atoms with Crippen molar-refractivity contribution in [1.29, 1.82) is 0 Å². The van der Waals surface area contributed by atoms with E-state index in [1.54, 1.807) is 4.90 Å². The van der Waals surface area contributed by atoms with Gasteiger partial charge in [-0.3, -0.25) is 9.59 Å². The number of halogens is 1. The molecule has 1 atom stereocenters. The van der Waals surface area contributed by atoms with E-state index in [1.165, 1.54) is 0 Å². The highest BCUT2D eigenvalue weighted by Crippen LogP contribution is 2.55. The van der Waals surface area contributed by atoms with Crippen LogP contribution in [0.1, 0.15) is 77.8 Å². The number of carbonyl (C=O) groups excluding carboxylic acids is 1. The van der Waals surface area contributed by atoms with Crippen molar-refractivity contribution in [2.75, 3.05) is 32.1 Å². The van der Waals surface area contributed by atoms with Gasteiger partial charge in [0.05, 0.1) is 17.3 Å². The standard InChI is InChI=1S/C30H41ClN4O3/c1-8-35-26-19(4)24-22(13-14-34(29(24)37)16-23-17(2)15-18(3)32-28(23)36)25(31)27(26)38-30(35,5)20-9-11-21(12-10-20)33(6)7/h15,20-21H,8-14,16H2,1-7H3,(H,32,36). The number of aromatic nitrogens is 1. The molecule has 0 spiro atoms. The van der Waals surface area contributed by atoms with Crippen LogP contribution in [0.4, 0.5) is 5.69 Å². The number of nitrogens with one attached hydrogen (secondary N) is 1. The molecule has 1 aromatic carbocycles. The first-order chi connectivity index (χ1) is 18.0. The fourth-order valence-electron chi connectivity index (χ4n) is 7.12. The molecule has 3 heterocycles. The number of aryl methyl sites for hydroxylation is 2. The lowest BCUT2D eigenvalue weighted by molar-refractivity contribution is 0.0122. The van der Waals surface area contributed by atoms with Crippen LogP contribution in [0.25, 0.3) is 0 Å². The van der Waals surface area contributed by atoms with E-state index in [9.17, 15) is 9.59 Å². The predicted molar refractivity (Wildman–Crippen MR) is 153 cm³/mol. The molecule has 1 N–H and O–H groups in total. The van der Waals surface area contributed by atoms with Crippen LogP contribution in [-0.2, 0) is 13.0 Å². The molecule has 1 unspecified atom stereocenters. The maximum atomic E-state index is 13.9. The number of carbonyl (C=O) groups is 1. The third-order valence-corrected chi connectivity index (χ3v) is 9.70. The average Bonchev–Trinajstić information content (AvgIpc) is 3.19. The molecule has 5 rings (SSSR count). The molecule has 2 aliphatic heterocycles. The van der Waals surface area contributed by atoms with Crippen LogP contribution in [0.3, 0.4) is 0 Å². The van der Waals surface area contributed by atoms with Gasteiger partial charge in [0.25, 0.3) is 11.5 Å². The molecule has 1 aliphatic carbocycles. The lowest BCUT2D eigenvalue weighted by Crippen LogP contribution is -2.54. The summed E-state index contributed by atoms with van der Waals surface area (Å²) in [4.78, 5) is 36.0. The summed E-state index contributed by atoms with van der Waals surface area (Å²) in [6, 6.07) is 2.57. The largest absolute Gasteiger partial charge is 0.464 e. The van der Waals surface area contributed by atoms with Crippen molar-refractivity contribution in [3.8, 4) is 5.75 Å². The summed E-state index contributed by atoms with van der Waals surface area (Å²) in [5.74, 6) is 1.04. The lowest BCUT2D eigenvalue weighted by atomic mass is 9.79. The number of hydrogen-bond donors (Lipinski definition) is 1. The van der Waals surface area contributed by atoms with Crippen LogP contribution >= 0.6 is 11.6 Å². The molecule has 0 bridgehead atoms. The first-order valence-corrected chi connectivity index (χ1v) is 14.3. The lowest BCUT2D eigenvalue weighted by Gasteiger charge is -2.44. The SMILES string of the molecule is CCN1c2c(C)c3c(c(Cl)c2OC1(C)C1CCC(N(C)C)CC1)CCN(Cc1c(C)cc(C)[nH]c1=O)C3=O. The number of nitrogens with zero attached hydrogens (tertiary/aromatic N) is 3. The second-order valence-corrected chi connectivity index (χ2v) is 12.1. The van der Waals surface area contributed by atoms with Crippen molar-refractivity contribution in [3.63, 3.8) is 0 Å². The van der Waals surface area contributed by atoms with Gasteiger partial charge < -0.3 is 24.4 Å². The van der Waals surface area contributed by atoms with Crippen molar-refractivity contribution in [3.05, 3.63) is 55.0 Å². The Labute approximate surface area is 231 Å². The van der Waals surface area contributed by atoms with Crippen molar-refractivity contribution >= 4 is 23.2 Å². The van der Waals surface area contributed by atoms with Gasteiger partial charge in [0.1, 0.15) is 0 Å². The van der Waals surface area contributed by atoms with Gasteiger partial charge in [-0.05, 0) is 104 Å². The molecule has 38 heavy (non-hydrogen) atoms. The quantitative estimate of drug-likeness (QED) is 0.564. The maximum absolute atomic E-state index is 13.9. The van der Waals surface area contributed by atoms with Crippen LogP contribution in [0.15, 0.2) is 10.9 Å². The number of H-pyrrole nitrogens is 1. The zero-order chi connectivity index (χ0) is 27.5. The Balaban J connectivity index is 1.49. The molecule has 2 aromatic rings. The zero-order valence-corrected chi connectivity index (χ0v) is 24.6. The Morgan fingerprint density at radius 3 is 2.45 bits per heavy atom. The highest BCUT2D eigenvalue weighted by Gasteiger charge is 2.51. The maximum Gasteiger partial charge on any atom is 0.254 e. The van der Waals surface area contributed by atoms with Gasteiger partial charge in [0.15, 0.2) is 11.5 Å². The van der Waals surface area contributed by atoms with E-state index >= 15 is 0 Å². The van der Waals surface area contributed by atoms with Gasteiger partial charge in [-0.2, -0.15) is 0 Å². The van der Waals surface area contributed by atoms with Crippen molar-refractivity contribution in [2.45, 2.75) is 85.0 Å². The van der Waals surface area contributed by atoms with E-state index in [0.29, 0.717) is 41.1 Å². The number of hydrogen-bond acceptors (Lipinski definition) is 5. The summed E-state index contributed by atoms with van der Waals surface area (Å²) >= 11 is 7.05. The highest BCUT2D eigenvalue weighted by atomic mass is 35.5. The number of aromatic amines is 1. The third kappa shape index (κ3) is 4.22. The smallest absolute Gasteiger partial charge is 0.254 e. The van der Waals surface area contributed by atoms with Crippen LogP contribution in [-0.4, -0.2) is 59.6 Å². The topological polar surface area (TPSA) is 68.9 Å². The molecule has 3 aliphatic rings. The summed E-state index contributed by atoms with van der Waals surface area (Å²) in [6.45, 7) is 11.7. The second-order valence-electron chi connectivity index (χ2n) is 11.8. The normalized spacial score (nSPS) is 25.0. The number of anilines is 1. The van der Waals surface area contributed by atoms with E-state index in [2.05, 4.69) is 42.7 Å². The van der Waals surface area contributed by atoms with Gasteiger partial charge in [-0.1, -0.05) is 11.6 Å². The third-order valence-electron chi connectivity index (χ3n) is 9.30. The fourth-order valence-corrected chi connectivity index (χ4v) is 7.44. The summed E-state index contributed by atoms with van der Waals surface area (Å²) in [5.41, 5.74) is 5.15.